The topological polar surface area (TPSA) is 25.8 Å². The summed E-state index contributed by atoms with van der Waals surface area (Å²) < 4.78 is 13.6. The summed E-state index contributed by atoms with van der Waals surface area (Å²) >= 11 is 0. The molecular formula is C14H9FN2. The average molecular weight is 224 g/mol. The summed E-state index contributed by atoms with van der Waals surface area (Å²) in [7, 11) is 0. The Morgan fingerprint density at radius 1 is 0.824 bits per heavy atom. The fourth-order valence-corrected chi connectivity index (χ4v) is 1.83. The molecule has 0 radical (unpaired) electrons. The van der Waals surface area contributed by atoms with Crippen molar-refractivity contribution < 1.29 is 4.39 Å². The highest BCUT2D eigenvalue weighted by molar-refractivity contribution is 5.81. The van der Waals surface area contributed by atoms with E-state index in [0.29, 0.717) is 5.56 Å². The zero-order valence-corrected chi connectivity index (χ0v) is 8.97. The third-order valence-electron chi connectivity index (χ3n) is 2.65. The van der Waals surface area contributed by atoms with Crippen molar-refractivity contribution >= 4 is 11.0 Å². The third kappa shape index (κ3) is 1.76. The first-order valence-corrected chi connectivity index (χ1v) is 5.30. The van der Waals surface area contributed by atoms with E-state index in [0.717, 1.165) is 16.6 Å². The highest BCUT2D eigenvalue weighted by Crippen LogP contribution is 2.24. The van der Waals surface area contributed by atoms with Crippen LogP contribution in [-0.4, -0.2) is 9.97 Å². The van der Waals surface area contributed by atoms with Crippen LogP contribution >= 0.6 is 0 Å². The predicted octanol–water partition coefficient (Wildman–Crippen LogP) is 3.44. The molecule has 0 aliphatic heterocycles. The quantitative estimate of drug-likeness (QED) is 0.632. The lowest BCUT2D eigenvalue weighted by atomic mass is 10.0. The predicted molar refractivity (Wildman–Crippen MR) is 64.9 cm³/mol. The minimum absolute atomic E-state index is 0.226. The van der Waals surface area contributed by atoms with Gasteiger partial charge < -0.3 is 0 Å². The van der Waals surface area contributed by atoms with Crippen molar-refractivity contribution in [2.75, 3.05) is 0 Å². The smallest absolute Gasteiger partial charge is 0.131 e. The van der Waals surface area contributed by atoms with Crippen molar-refractivity contribution in [1.29, 1.82) is 0 Å². The SMILES string of the molecule is Fc1ccccc1-c1ccc2nccnc2c1. The third-order valence-corrected chi connectivity index (χ3v) is 2.65. The van der Waals surface area contributed by atoms with Crippen LogP contribution in [0.1, 0.15) is 0 Å². The second-order valence-electron chi connectivity index (χ2n) is 3.74. The van der Waals surface area contributed by atoms with E-state index >= 15 is 0 Å². The molecule has 2 aromatic carbocycles. The first kappa shape index (κ1) is 9.90. The van der Waals surface area contributed by atoms with E-state index in [9.17, 15) is 4.39 Å². The number of aromatic nitrogens is 2. The normalized spacial score (nSPS) is 10.6. The minimum atomic E-state index is -0.226. The molecule has 0 N–H and O–H groups in total. The molecule has 2 nitrogen and oxygen atoms in total. The molecule has 0 aliphatic carbocycles. The van der Waals surface area contributed by atoms with E-state index in [1.807, 2.05) is 24.3 Å². The van der Waals surface area contributed by atoms with Gasteiger partial charge in [0.15, 0.2) is 0 Å². The Bertz CT molecular complexity index is 680. The summed E-state index contributed by atoms with van der Waals surface area (Å²) in [5.74, 6) is -0.226. The number of hydrogen-bond acceptors (Lipinski definition) is 2. The number of rotatable bonds is 1. The fourth-order valence-electron chi connectivity index (χ4n) is 1.83. The summed E-state index contributed by atoms with van der Waals surface area (Å²) in [6.07, 6.45) is 3.28. The van der Waals surface area contributed by atoms with E-state index in [2.05, 4.69) is 9.97 Å². The van der Waals surface area contributed by atoms with Gasteiger partial charge in [0, 0.05) is 18.0 Å². The van der Waals surface area contributed by atoms with Crippen LogP contribution in [-0.2, 0) is 0 Å². The number of nitrogens with zero attached hydrogens (tertiary/aromatic N) is 2. The molecule has 0 unspecified atom stereocenters. The summed E-state index contributed by atoms with van der Waals surface area (Å²) in [6.45, 7) is 0. The van der Waals surface area contributed by atoms with Gasteiger partial charge in [-0.15, -0.1) is 0 Å². The van der Waals surface area contributed by atoms with Gasteiger partial charge in [-0.25, -0.2) is 4.39 Å². The Balaban J connectivity index is 2.22. The second kappa shape index (κ2) is 3.94. The number of benzene rings is 2. The maximum atomic E-state index is 13.6. The highest BCUT2D eigenvalue weighted by atomic mass is 19.1. The lowest BCUT2D eigenvalue weighted by Gasteiger charge is -2.04. The summed E-state index contributed by atoms with van der Waals surface area (Å²) in [4.78, 5) is 8.39. The summed E-state index contributed by atoms with van der Waals surface area (Å²) in [6, 6.07) is 12.3. The van der Waals surface area contributed by atoms with E-state index in [1.165, 1.54) is 6.07 Å². The Labute approximate surface area is 97.8 Å². The van der Waals surface area contributed by atoms with Gasteiger partial charge in [-0.2, -0.15) is 0 Å². The lowest BCUT2D eigenvalue weighted by Crippen LogP contribution is -1.86. The van der Waals surface area contributed by atoms with Gasteiger partial charge in [0.05, 0.1) is 11.0 Å². The number of hydrogen-bond donors (Lipinski definition) is 0. The molecule has 0 spiro atoms. The lowest BCUT2D eigenvalue weighted by molar-refractivity contribution is 0.631. The Morgan fingerprint density at radius 2 is 1.59 bits per heavy atom. The maximum absolute atomic E-state index is 13.6. The zero-order chi connectivity index (χ0) is 11.7. The first-order chi connectivity index (χ1) is 8.34. The van der Waals surface area contributed by atoms with E-state index in [1.54, 1.807) is 24.5 Å². The number of halogens is 1. The van der Waals surface area contributed by atoms with Crippen LogP contribution in [0.4, 0.5) is 4.39 Å². The van der Waals surface area contributed by atoms with Crippen LogP contribution in [0.25, 0.3) is 22.2 Å². The van der Waals surface area contributed by atoms with Crippen molar-refractivity contribution in [3.8, 4) is 11.1 Å². The maximum Gasteiger partial charge on any atom is 0.131 e. The van der Waals surface area contributed by atoms with Crippen molar-refractivity contribution in [3.05, 3.63) is 60.7 Å². The van der Waals surface area contributed by atoms with Crippen molar-refractivity contribution in [2.24, 2.45) is 0 Å². The Morgan fingerprint density at radius 3 is 2.41 bits per heavy atom. The molecular weight excluding hydrogens is 215 g/mol. The van der Waals surface area contributed by atoms with Gasteiger partial charge >= 0.3 is 0 Å². The van der Waals surface area contributed by atoms with E-state index < -0.39 is 0 Å². The molecule has 1 heterocycles. The van der Waals surface area contributed by atoms with Crippen molar-refractivity contribution in [3.63, 3.8) is 0 Å². The van der Waals surface area contributed by atoms with Crippen LogP contribution in [0.15, 0.2) is 54.9 Å². The molecule has 0 amide bonds. The first-order valence-electron chi connectivity index (χ1n) is 5.30. The molecule has 17 heavy (non-hydrogen) atoms. The van der Waals surface area contributed by atoms with Crippen LogP contribution < -0.4 is 0 Å². The summed E-state index contributed by atoms with van der Waals surface area (Å²) in [5.41, 5.74) is 2.98. The van der Waals surface area contributed by atoms with Crippen molar-refractivity contribution in [2.45, 2.75) is 0 Å². The largest absolute Gasteiger partial charge is 0.253 e. The molecule has 0 saturated heterocycles. The minimum Gasteiger partial charge on any atom is -0.253 e. The van der Waals surface area contributed by atoms with Gasteiger partial charge in [-0.3, -0.25) is 9.97 Å². The molecule has 1 aromatic heterocycles. The molecule has 0 saturated carbocycles. The Kier molecular flexibility index (Phi) is 2.29. The average Bonchev–Trinajstić information content (AvgIpc) is 2.39. The van der Waals surface area contributed by atoms with Gasteiger partial charge in [-0.1, -0.05) is 24.3 Å². The van der Waals surface area contributed by atoms with Gasteiger partial charge in [0.25, 0.3) is 0 Å². The van der Waals surface area contributed by atoms with Gasteiger partial charge in [0.1, 0.15) is 5.82 Å². The van der Waals surface area contributed by atoms with Gasteiger partial charge in [0.2, 0.25) is 0 Å². The van der Waals surface area contributed by atoms with Crippen LogP contribution in [0.2, 0.25) is 0 Å². The molecule has 0 fully saturated rings. The molecule has 0 bridgehead atoms. The standard InChI is InChI=1S/C14H9FN2/c15-12-4-2-1-3-11(12)10-5-6-13-14(9-10)17-8-7-16-13/h1-9H. The van der Waals surface area contributed by atoms with Crippen molar-refractivity contribution in [1.82, 2.24) is 9.97 Å². The molecule has 3 heteroatoms. The summed E-state index contributed by atoms with van der Waals surface area (Å²) in [5, 5.41) is 0. The molecule has 0 aliphatic rings. The number of fused-ring (bicyclic) bond motifs is 1. The molecule has 3 rings (SSSR count). The zero-order valence-electron chi connectivity index (χ0n) is 8.97. The molecule has 0 atom stereocenters. The monoisotopic (exact) mass is 224 g/mol. The van der Waals surface area contributed by atoms with E-state index in [-0.39, 0.29) is 5.82 Å². The fraction of sp³-hybridized carbons (Fsp3) is 0. The highest BCUT2D eigenvalue weighted by Gasteiger charge is 2.05. The molecule has 3 aromatic rings. The van der Waals surface area contributed by atoms with Crippen LogP contribution in [0, 0.1) is 5.82 Å². The molecule has 82 valence electrons. The Hall–Kier alpha value is -2.29. The van der Waals surface area contributed by atoms with Crippen LogP contribution in [0.3, 0.4) is 0 Å². The van der Waals surface area contributed by atoms with Crippen LogP contribution in [0.5, 0.6) is 0 Å². The second-order valence-corrected chi connectivity index (χ2v) is 3.74. The van der Waals surface area contributed by atoms with Gasteiger partial charge in [-0.05, 0) is 23.8 Å². The van der Waals surface area contributed by atoms with E-state index in [4.69, 9.17) is 0 Å².